The lowest BCUT2D eigenvalue weighted by molar-refractivity contribution is 0.266. The highest BCUT2D eigenvalue weighted by atomic mass is 16.5. The lowest BCUT2D eigenvalue weighted by Gasteiger charge is -2.14. The summed E-state index contributed by atoms with van der Waals surface area (Å²) in [6.45, 7) is 5.12. The summed E-state index contributed by atoms with van der Waals surface area (Å²) in [7, 11) is 4.16. The molecule has 2 aromatic rings. The highest BCUT2D eigenvalue weighted by molar-refractivity contribution is 6.00. The van der Waals surface area contributed by atoms with E-state index in [1.165, 1.54) is 0 Å². The fourth-order valence-corrected chi connectivity index (χ4v) is 3.67. The summed E-state index contributed by atoms with van der Waals surface area (Å²) in [5.41, 5.74) is 2.29. The van der Waals surface area contributed by atoms with Crippen LogP contribution in [-0.4, -0.2) is 75.0 Å². The van der Waals surface area contributed by atoms with Crippen LogP contribution < -0.4 is 9.47 Å². The van der Waals surface area contributed by atoms with Crippen molar-refractivity contribution in [1.82, 2.24) is 9.80 Å². The molecule has 6 nitrogen and oxygen atoms in total. The van der Waals surface area contributed by atoms with Crippen LogP contribution in [0.3, 0.4) is 0 Å². The molecule has 2 heterocycles. The van der Waals surface area contributed by atoms with Crippen LogP contribution in [0.5, 0.6) is 11.5 Å². The smallest absolute Gasteiger partial charge is 0.130 e. The molecular weight excluding hydrogens is 376 g/mol. The van der Waals surface area contributed by atoms with Gasteiger partial charge in [0.05, 0.1) is 26.3 Å². The monoisotopic (exact) mass is 406 g/mol. The molecule has 0 spiro atoms. The van der Waals surface area contributed by atoms with Crippen molar-refractivity contribution in [1.29, 1.82) is 0 Å². The Morgan fingerprint density at radius 1 is 0.667 bits per heavy atom. The fourth-order valence-electron chi connectivity index (χ4n) is 3.67. The van der Waals surface area contributed by atoms with Gasteiger partial charge in [-0.15, -0.1) is 0 Å². The van der Waals surface area contributed by atoms with E-state index in [4.69, 9.17) is 9.47 Å². The van der Waals surface area contributed by atoms with Gasteiger partial charge >= 0.3 is 0 Å². The summed E-state index contributed by atoms with van der Waals surface area (Å²) in [4.78, 5) is 13.5. The standard InChI is InChI=1S/C24H30N4O2/c1-27-15-13-25-23(27)19-5-9-21(10-6-19)29-17-3-4-18-30-22-11-7-20(8-12-22)24-26-14-16-28(24)2/h5-12H,3-4,13-18H2,1-2H3. The summed E-state index contributed by atoms with van der Waals surface area (Å²) in [5, 5.41) is 0. The van der Waals surface area contributed by atoms with E-state index in [1.807, 2.05) is 24.3 Å². The Morgan fingerprint density at radius 3 is 1.40 bits per heavy atom. The van der Waals surface area contributed by atoms with Crippen LogP contribution in [0.25, 0.3) is 0 Å². The second kappa shape index (κ2) is 9.65. The number of benzene rings is 2. The molecule has 0 bridgehead atoms. The number of aliphatic imine (C=N–C) groups is 2. The van der Waals surface area contributed by atoms with E-state index in [9.17, 15) is 0 Å². The third kappa shape index (κ3) is 4.93. The molecule has 0 aliphatic carbocycles. The van der Waals surface area contributed by atoms with Gasteiger partial charge in [0.2, 0.25) is 0 Å². The van der Waals surface area contributed by atoms with E-state index in [1.54, 1.807) is 0 Å². The normalized spacial score (nSPS) is 15.9. The van der Waals surface area contributed by atoms with E-state index in [0.29, 0.717) is 13.2 Å². The molecule has 0 atom stereocenters. The fraction of sp³-hybridized carbons (Fsp3) is 0.417. The molecule has 0 aromatic heterocycles. The Balaban J connectivity index is 1.14. The molecular formula is C24H30N4O2. The molecule has 0 saturated carbocycles. The SMILES string of the molecule is CN1CCN=C1c1ccc(OCCCCOc2ccc(C3=NCCN3C)cc2)cc1. The number of unbranched alkanes of at least 4 members (excludes halogenated alkanes) is 1. The molecule has 2 aliphatic heterocycles. The molecule has 0 amide bonds. The second-order valence-electron chi connectivity index (χ2n) is 7.71. The first-order chi connectivity index (χ1) is 14.7. The lowest BCUT2D eigenvalue weighted by atomic mass is 10.2. The first kappa shape index (κ1) is 20.3. The van der Waals surface area contributed by atoms with Gasteiger partial charge in [0.25, 0.3) is 0 Å². The van der Waals surface area contributed by atoms with Gasteiger partial charge < -0.3 is 19.3 Å². The largest absolute Gasteiger partial charge is 0.494 e. The van der Waals surface area contributed by atoms with Crippen LogP contribution >= 0.6 is 0 Å². The summed E-state index contributed by atoms with van der Waals surface area (Å²) in [6.07, 6.45) is 1.91. The molecule has 30 heavy (non-hydrogen) atoms. The number of rotatable bonds is 9. The van der Waals surface area contributed by atoms with Gasteiger partial charge in [-0.25, -0.2) is 0 Å². The third-order valence-corrected chi connectivity index (χ3v) is 5.42. The van der Waals surface area contributed by atoms with Gasteiger partial charge in [-0.3, -0.25) is 9.98 Å². The number of hydrogen-bond acceptors (Lipinski definition) is 6. The van der Waals surface area contributed by atoms with E-state index in [2.05, 4.69) is 58.1 Å². The number of nitrogens with zero attached hydrogens (tertiary/aromatic N) is 4. The van der Waals surface area contributed by atoms with Crippen LogP contribution in [0.15, 0.2) is 58.5 Å². The minimum atomic E-state index is 0.689. The first-order valence-electron chi connectivity index (χ1n) is 10.7. The van der Waals surface area contributed by atoms with Crippen molar-refractivity contribution in [3.05, 3.63) is 59.7 Å². The van der Waals surface area contributed by atoms with E-state index in [-0.39, 0.29) is 0 Å². The Morgan fingerprint density at radius 2 is 1.07 bits per heavy atom. The average Bonchev–Trinajstić information content (AvgIpc) is 3.39. The summed E-state index contributed by atoms with van der Waals surface area (Å²) < 4.78 is 11.7. The van der Waals surface area contributed by atoms with E-state index >= 15 is 0 Å². The molecule has 0 radical (unpaired) electrons. The summed E-state index contributed by atoms with van der Waals surface area (Å²) in [5.74, 6) is 3.93. The summed E-state index contributed by atoms with van der Waals surface area (Å²) in [6, 6.07) is 16.4. The van der Waals surface area contributed by atoms with Crippen LogP contribution in [0, 0.1) is 0 Å². The van der Waals surface area contributed by atoms with Gasteiger partial charge in [-0.1, -0.05) is 0 Å². The predicted octanol–water partition coefficient (Wildman–Crippen LogP) is 3.31. The van der Waals surface area contributed by atoms with Crippen molar-refractivity contribution in [2.75, 3.05) is 53.5 Å². The molecule has 0 unspecified atom stereocenters. The van der Waals surface area contributed by atoms with Crippen LogP contribution in [0.1, 0.15) is 24.0 Å². The van der Waals surface area contributed by atoms with Crippen LogP contribution in [-0.2, 0) is 0 Å². The number of hydrogen-bond donors (Lipinski definition) is 0. The molecule has 4 rings (SSSR count). The maximum atomic E-state index is 5.86. The average molecular weight is 407 g/mol. The summed E-state index contributed by atoms with van der Waals surface area (Å²) >= 11 is 0. The van der Waals surface area contributed by atoms with Gasteiger partial charge in [0.15, 0.2) is 0 Å². The zero-order valence-corrected chi connectivity index (χ0v) is 17.9. The Hall–Kier alpha value is -3.02. The molecule has 6 heteroatoms. The van der Waals surface area contributed by atoms with Gasteiger partial charge in [-0.05, 0) is 61.4 Å². The van der Waals surface area contributed by atoms with E-state index in [0.717, 1.165) is 73.3 Å². The van der Waals surface area contributed by atoms with Gasteiger partial charge in [0.1, 0.15) is 23.2 Å². The van der Waals surface area contributed by atoms with Gasteiger partial charge in [0, 0.05) is 38.3 Å². The Labute approximate surface area is 178 Å². The number of likely N-dealkylation sites (N-methyl/N-ethyl adjacent to an activating group) is 2. The quantitative estimate of drug-likeness (QED) is 0.600. The van der Waals surface area contributed by atoms with Crippen molar-refractivity contribution in [2.24, 2.45) is 9.98 Å². The minimum absolute atomic E-state index is 0.689. The molecule has 0 fully saturated rings. The Kier molecular flexibility index (Phi) is 6.52. The minimum Gasteiger partial charge on any atom is -0.494 e. The topological polar surface area (TPSA) is 49.7 Å². The molecule has 0 saturated heterocycles. The maximum absolute atomic E-state index is 5.86. The van der Waals surface area contributed by atoms with Crippen molar-refractivity contribution in [3.8, 4) is 11.5 Å². The molecule has 0 N–H and O–H groups in total. The van der Waals surface area contributed by atoms with E-state index < -0.39 is 0 Å². The van der Waals surface area contributed by atoms with Crippen molar-refractivity contribution in [3.63, 3.8) is 0 Å². The number of ether oxygens (including phenoxy) is 2. The molecule has 2 aliphatic rings. The predicted molar refractivity (Wildman–Crippen MR) is 121 cm³/mol. The van der Waals surface area contributed by atoms with Gasteiger partial charge in [-0.2, -0.15) is 0 Å². The Bertz CT molecular complexity index is 815. The van der Waals surface area contributed by atoms with Crippen molar-refractivity contribution < 1.29 is 9.47 Å². The van der Waals surface area contributed by atoms with Crippen molar-refractivity contribution in [2.45, 2.75) is 12.8 Å². The highest BCUT2D eigenvalue weighted by Crippen LogP contribution is 2.17. The number of amidine groups is 2. The second-order valence-corrected chi connectivity index (χ2v) is 7.71. The zero-order valence-electron chi connectivity index (χ0n) is 17.9. The highest BCUT2D eigenvalue weighted by Gasteiger charge is 2.15. The first-order valence-corrected chi connectivity index (χ1v) is 10.7. The maximum Gasteiger partial charge on any atom is 0.130 e. The zero-order chi connectivity index (χ0) is 20.8. The van der Waals surface area contributed by atoms with Crippen molar-refractivity contribution >= 4 is 11.7 Å². The van der Waals surface area contributed by atoms with Crippen LogP contribution in [0.4, 0.5) is 0 Å². The lowest BCUT2D eigenvalue weighted by Crippen LogP contribution is -2.23. The van der Waals surface area contributed by atoms with Crippen LogP contribution in [0.2, 0.25) is 0 Å². The molecule has 158 valence electrons. The third-order valence-electron chi connectivity index (χ3n) is 5.42. The molecule has 2 aromatic carbocycles.